The summed E-state index contributed by atoms with van der Waals surface area (Å²) in [5, 5.41) is 18.3. The smallest absolute Gasteiger partial charge is 0.237 e. The number of sulfonamides is 1. The number of rotatable bonds is 4. The summed E-state index contributed by atoms with van der Waals surface area (Å²) in [6.07, 6.45) is 0. The van der Waals surface area contributed by atoms with Gasteiger partial charge in [-0.15, -0.1) is 0 Å². The number of anilines is 1. The molecule has 0 amide bonds. The molecule has 2 rings (SSSR count). The van der Waals surface area contributed by atoms with Crippen LogP contribution in [0.15, 0.2) is 46.9 Å². The van der Waals surface area contributed by atoms with Gasteiger partial charge >= 0.3 is 0 Å². The molecule has 7 heteroatoms. The molecule has 2 aromatic carbocycles. The van der Waals surface area contributed by atoms with Gasteiger partial charge in [-0.25, -0.2) is 8.42 Å². The molecule has 2 aromatic rings. The number of nitriles is 1. The number of nitrogens with one attached hydrogen (secondary N) is 1. The Balaban J connectivity index is 2.18. The van der Waals surface area contributed by atoms with E-state index in [-0.39, 0.29) is 17.2 Å². The molecule has 0 spiro atoms. The van der Waals surface area contributed by atoms with Crippen molar-refractivity contribution in [2.45, 2.75) is 5.75 Å². The summed E-state index contributed by atoms with van der Waals surface area (Å²) in [6, 6.07) is 12.7. The van der Waals surface area contributed by atoms with Crippen molar-refractivity contribution in [3.8, 4) is 11.8 Å². The lowest BCUT2D eigenvalue weighted by atomic mass is 10.2. The number of phenolic OH excluding ortho intramolecular Hbond substituents is 1. The van der Waals surface area contributed by atoms with E-state index < -0.39 is 10.0 Å². The first kappa shape index (κ1) is 15.4. The molecule has 0 unspecified atom stereocenters. The van der Waals surface area contributed by atoms with Crippen molar-refractivity contribution in [1.29, 1.82) is 5.26 Å². The first-order chi connectivity index (χ1) is 9.89. The molecule has 21 heavy (non-hydrogen) atoms. The summed E-state index contributed by atoms with van der Waals surface area (Å²) in [5.74, 6) is -0.397. The zero-order chi connectivity index (χ0) is 15.5. The number of hydrogen-bond acceptors (Lipinski definition) is 4. The predicted molar refractivity (Wildman–Crippen MR) is 83.2 cm³/mol. The highest BCUT2D eigenvalue weighted by molar-refractivity contribution is 9.10. The largest absolute Gasteiger partial charge is 0.506 e. The number of nitrogens with zero attached hydrogens (tertiary/aromatic N) is 1. The zero-order valence-electron chi connectivity index (χ0n) is 10.7. The fourth-order valence-corrected chi connectivity index (χ4v) is 3.25. The number of hydrogen-bond donors (Lipinski definition) is 2. The summed E-state index contributed by atoms with van der Waals surface area (Å²) in [4.78, 5) is 0. The molecule has 108 valence electrons. The normalized spacial score (nSPS) is 10.9. The van der Waals surface area contributed by atoms with Gasteiger partial charge in [0.05, 0.1) is 23.1 Å². The summed E-state index contributed by atoms with van der Waals surface area (Å²) >= 11 is 3.21. The maximum Gasteiger partial charge on any atom is 0.237 e. The fraction of sp³-hybridized carbons (Fsp3) is 0.0714. The molecule has 0 aliphatic heterocycles. The Morgan fingerprint density at radius 3 is 2.48 bits per heavy atom. The molecule has 0 fully saturated rings. The van der Waals surface area contributed by atoms with Gasteiger partial charge in [-0.05, 0) is 35.9 Å². The maximum atomic E-state index is 12.1. The molecule has 0 aromatic heterocycles. The molecule has 0 aliphatic rings. The molecule has 0 saturated heterocycles. The van der Waals surface area contributed by atoms with E-state index >= 15 is 0 Å². The second kappa shape index (κ2) is 6.16. The van der Waals surface area contributed by atoms with Gasteiger partial charge in [-0.2, -0.15) is 5.26 Å². The quantitative estimate of drug-likeness (QED) is 0.813. The van der Waals surface area contributed by atoms with Crippen LogP contribution in [0.5, 0.6) is 5.75 Å². The standard InChI is InChI=1S/C14H11BrN2O3S/c15-12-5-6-14(18)13(7-12)17-21(19,20)9-11-3-1-10(8-16)2-4-11/h1-7,17-18H,9H2. The van der Waals surface area contributed by atoms with Crippen LogP contribution in [0.2, 0.25) is 0 Å². The summed E-state index contributed by atoms with van der Waals surface area (Å²) in [7, 11) is -3.66. The molecular formula is C14H11BrN2O3S. The monoisotopic (exact) mass is 366 g/mol. The molecule has 0 atom stereocenters. The SMILES string of the molecule is N#Cc1ccc(CS(=O)(=O)Nc2cc(Br)ccc2O)cc1. The van der Waals surface area contributed by atoms with E-state index in [1.807, 2.05) is 6.07 Å². The Bertz CT molecular complexity index is 796. The second-order valence-electron chi connectivity index (χ2n) is 4.33. The number of halogens is 1. The third kappa shape index (κ3) is 4.21. The number of phenols is 1. The average molecular weight is 367 g/mol. The Labute approximate surface area is 131 Å². The highest BCUT2D eigenvalue weighted by atomic mass is 79.9. The van der Waals surface area contributed by atoms with Gasteiger partial charge in [0.15, 0.2) is 0 Å². The van der Waals surface area contributed by atoms with E-state index in [4.69, 9.17) is 5.26 Å². The molecule has 5 nitrogen and oxygen atoms in total. The van der Waals surface area contributed by atoms with E-state index in [1.165, 1.54) is 12.1 Å². The van der Waals surface area contributed by atoms with Crippen LogP contribution < -0.4 is 4.72 Å². The molecule has 0 aliphatic carbocycles. The van der Waals surface area contributed by atoms with Crippen molar-refractivity contribution in [3.05, 3.63) is 58.1 Å². The van der Waals surface area contributed by atoms with Gasteiger partial charge in [0.2, 0.25) is 10.0 Å². The van der Waals surface area contributed by atoms with Crippen molar-refractivity contribution in [3.63, 3.8) is 0 Å². The van der Waals surface area contributed by atoms with Crippen molar-refractivity contribution in [2.24, 2.45) is 0 Å². The van der Waals surface area contributed by atoms with Crippen LogP contribution in [0, 0.1) is 11.3 Å². The highest BCUT2D eigenvalue weighted by Gasteiger charge is 2.14. The predicted octanol–water partition coefficient (Wildman–Crippen LogP) is 2.97. The van der Waals surface area contributed by atoms with Gasteiger partial charge in [-0.3, -0.25) is 4.72 Å². The molecule has 0 heterocycles. The Kier molecular flexibility index (Phi) is 4.50. The Morgan fingerprint density at radius 2 is 1.86 bits per heavy atom. The van der Waals surface area contributed by atoms with Crippen LogP contribution in [0.4, 0.5) is 5.69 Å². The maximum absolute atomic E-state index is 12.1. The number of benzene rings is 2. The number of aromatic hydroxyl groups is 1. The van der Waals surface area contributed by atoms with Crippen LogP contribution in [0.3, 0.4) is 0 Å². The van der Waals surface area contributed by atoms with Crippen molar-refractivity contribution in [2.75, 3.05) is 4.72 Å². The molecular weight excluding hydrogens is 356 g/mol. The van der Waals surface area contributed by atoms with Crippen molar-refractivity contribution in [1.82, 2.24) is 0 Å². The second-order valence-corrected chi connectivity index (χ2v) is 6.97. The molecule has 2 N–H and O–H groups in total. The van der Waals surface area contributed by atoms with Gasteiger partial charge < -0.3 is 5.11 Å². The zero-order valence-corrected chi connectivity index (χ0v) is 13.1. The molecule has 0 radical (unpaired) electrons. The lowest BCUT2D eigenvalue weighted by Gasteiger charge is -2.10. The summed E-state index contributed by atoms with van der Waals surface area (Å²) < 4.78 is 27.2. The Hall–Kier alpha value is -2.04. The van der Waals surface area contributed by atoms with E-state index in [0.29, 0.717) is 15.6 Å². The van der Waals surface area contributed by atoms with E-state index in [0.717, 1.165) is 0 Å². The van der Waals surface area contributed by atoms with Gasteiger partial charge in [0, 0.05) is 4.47 Å². The van der Waals surface area contributed by atoms with E-state index in [2.05, 4.69) is 20.7 Å². The van der Waals surface area contributed by atoms with E-state index in [9.17, 15) is 13.5 Å². The van der Waals surface area contributed by atoms with Crippen LogP contribution in [0.25, 0.3) is 0 Å². The van der Waals surface area contributed by atoms with Crippen LogP contribution in [-0.2, 0) is 15.8 Å². The van der Waals surface area contributed by atoms with Gasteiger partial charge in [0.25, 0.3) is 0 Å². The lowest BCUT2D eigenvalue weighted by molar-refractivity contribution is 0.477. The van der Waals surface area contributed by atoms with E-state index in [1.54, 1.807) is 30.3 Å². The minimum absolute atomic E-state index is 0.109. The Morgan fingerprint density at radius 1 is 1.19 bits per heavy atom. The lowest BCUT2D eigenvalue weighted by Crippen LogP contribution is -2.15. The van der Waals surface area contributed by atoms with Crippen LogP contribution in [0.1, 0.15) is 11.1 Å². The first-order valence-corrected chi connectivity index (χ1v) is 8.32. The van der Waals surface area contributed by atoms with Crippen LogP contribution in [-0.4, -0.2) is 13.5 Å². The van der Waals surface area contributed by atoms with Gasteiger partial charge in [-0.1, -0.05) is 28.1 Å². The minimum Gasteiger partial charge on any atom is -0.506 e. The summed E-state index contributed by atoms with van der Waals surface area (Å²) in [6.45, 7) is 0. The first-order valence-electron chi connectivity index (χ1n) is 5.88. The summed E-state index contributed by atoms with van der Waals surface area (Å²) in [5.41, 5.74) is 1.13. The minimum atomic E-state index is -3.66. The van der Waals surface area contributed by atoms with Crippen molar-refractivity contribution < 1.29 is 13.5 Å². The van der Waals surface area contributed by atoms with Crippen molar-refractivity contribution >= 4 is 31.6 Å². The molecule has 0 bridgehead atoms. The highest BCUT2D eigenvalue weighted by Crippen LogP contribution is 2.28. The third-order valence-corrected chi connectivity index (χ3v) is 4.40. The molecule has 0 saturated carbocycles. The van der Waals surface area contributed by atoms with Gasteiger partial charge in [0.1, 0.15) is 5.75 Å². The van der Waals surface area contributed by atoms with Crippen LogP contribution >= 0.6 is 15.9 Å². The third-order valence-electron chi connectivity index (χ3n) is 2.66. The topological polar surface area (TPSA) is 90.2 Å². The fourth-order valence-electron chi connectivity index (χ4n) is 1.69. The average Bonchev–Trinajstić information content (AvgIpc) is 2.43.